The summed E-state index contributed by atoms with van der Waals surface area (Å²) < 4.78 is 10.1. The largest absolute Gasteiger partial charge is 0.464 e. The van der Waals surface area contributed by atoms with E-state index < -0.39 is 0 Å². The Morgan fingerprint density at radius 1 is 1.60 bits per heavy atom. The number of ether oxygens (including phenoxy) is 2. The third-order valence-corrected chi connectivity index (χ3v) is 2.04. The lowest BCUT2D eigenvalue weighted by Crippen LogP contribution is -2.32. The minimum atomic E-state index is -0.376. The molecule has 5 heteroatoms. The molecule has 0 unspecified atom stereocenters. The van der Waals surface area contributed by atoms with Crippen LogP contribution in [0.5, 0.6) is 0 Å². The standard InChI is InChI=1S/C10H18N2O3/c1-12(2)7-8(10(13)14-3)11-9-5-4-6-15-9/h7,9,11H,4-6H2,1-3H3/b8-7+/t9-/m1/s1. The summed E-state index contributed by atoms with van der Waals surface area (Å²) in [7, 11) is 5.06. The highest BCUT2D eigenvalue weighted by Crippen LogP contribution is 2.11. The first-order valence-electron chi connectivity index (χ1n) is 4.98. The first kappa shape index (κ1) is 11.8. The minimum Gasteiger partial charge on any atom is -0.464 e. The first-order valence-corrected chi connectivity index (χ1v) is 4.98. The number of nitrogens with one attached hydrogen (secondary N) is 1. The second kappa shape index (κ2) is 5.60. The number of hydrogen-bond donors (Lipinski definition) is 1. The summed E-state index contributed by atoms with van der Waals surface area (Å²) in [5, 5.41) is 3.02. The molecule has 0 aromatic rings. The van der Waals surface area contributed by atoms with Gasteiger partial charge >= 0.3 is 5.97 Å². The Morgan fingerprint density at radius 2 is 2.33 bits per heavy atom. The maximum atomic E-state index is 11.4. The Kier molecular flexibility index (Phi) is 4.42. The third kappa shape index (κ3) is 3.79. The predicted molar refractivity (Wildman–Crippen MR) is 55.9 cm³/mol. The molecule has 1 aliphatic rings. The van der Waals surface area contributed by atoms with Crippen LogP contribution in [-0.4, -0.2) is 44.9 Å². The van der Waals surface area contributed by atoms with Crippen LogP contribution in [0.25, 0.3) is 0 Å². The van der Waals surface area contributed by atoms with Crippen LogP contribution < -0.4 is 5.32 Å². The Bertz CT molecular complexity index is 245. The van der Waals surface area contributed by atoms with E-state index in [1.165, 1.54) is 7.11 Å². The number of hydrogen-bond acceptors (Lipinski definition) is 5. The molecule has 0 saturated carbocycles. The zero-order valence-electron chi connectivity index (χ0n) is 9.45. The molecule has 0 aromatic carbocycles. The molecule has 86 valence electrons. The zero-order valence-corrected chi connectivity index (χ0v) is 9.45. The van der Waals surface area contributed by atoms with Crippen molar-refractivity contribution in [1.29, 1.82) is 0 Å². The number of carbonyl (C=O) groups excluding carboxylic acids is 1. The van der Waals surface area contributed by atoms with E-state index in [0.717, 1.165) is 19.4 Å². The van der Waals surface area contributed by atoms with Crippen molar-refractivity contribution < 1.29 is 14.3 Å². The average molecular weight is 214 g/mol. The van der Waals surface area contributed by atoms with E-state index in [4.69, 9.17) is 4.74 Å². The second-order valence-corrected chi connectivity index (χ2v) is 3.64. The van der Waals surface area contributed by atoms with Gasteiger partial charge in [0.1, 0.15) is 11.9 Å². The molecule has 15 heavy (non-hydrogen) atoms. The van der Waals surface area contributed by atoms with Gasteiger partial charge in [-0.05, 0) is 12.8 Å². The maximum Gasteiger partial charge on any atom is 0.355 e. The molecule has 5 nitrogen and oxygen atoms in total. The zero-order chi connectivity index (χ0) is 11.3. The average Bonchev–Trinajstić information content (AvgIpc) is 2.67. The normalized spacial score (nSPS) is 21.3. The van der Waals surface area contributed by atoms with E-state index in [1.54, 1.807) is 11.1 Å². The van der Waals surface area contributed by atoms with Crippen molar-refractivity contribution in [2.45, 2.75) is 19.1 Å². The summed E-state index contributed by atoms with van der Waals surface area (Å²) in [4.78, 5) is 13.2. The molecule has 1 saturated heterocycles. The van der Waals surface area contributed by atoms with E-state index in [9.17, 15) is 4.79 Å². The van der Waals surface area contributed by atoms with Gasteiger partial charge in [-0.15, -0.1) is 0 Å². The number of nitrogens with zero attached hydrogens (tertiary/aromatic N) is 1. The van der Waals surface area contributed by atoms with Gasteiger partial charge in [-0.25, -0.2) is 4.79 Å². The Morgan fingerprint density at radius 3 is 2.80 bits per heavy atom. The van der Waals surface area contributed by atoms with Crippen molar-refractivity contribution in [2.75, 3.05) is 27.8 Å². The topological polar surface area (TPSA) is 50.8 Å². The molecule has 1 heterocycles. The lowest BCUT2D eigenvalue weighted by atomic mass is 10.3. The van der Waals surface area contributed by atoms with Gasteiger partial charge in [-0.3, -0.25) is 0 Å². The van der Waals surface area contributed by atoms with Crippen LogP contribution >= 0.6 is 0 Å². The molecule has 0 bridgehead atoms. The van der Waals surface area contributed by atoms with Gasteiger partial charge in [0, 0.05) is 26.9 Å². The quantitative estimate of drug-likeness (QED) is 0.538. The molecule has 1 N–H and O–H groups in total. The van der Waals surface area contributed by atoms with Gasteiger partial charge in [0.05, 0.1) is 7.11 Å². The summed E-state index contributed by atoms with van der Waals surface area (Å²) in [6.07, 6.45) is 3.55. The van der Waals surface area contributed by atoms with Gasteiger partial charge in [-0.2, -0.15) is 0 Å². The highest BCUT2D eigenvalue weighted by molar-refractivity contribution is 5.87. The van der Waals surface area contributed by atoms with Gasteiger partial charge in [-0.1, -0.05) is 0 Å². The second-order valence-electron chi connectivity index (χ2n) is 3.64. The predicted octanol–water partition coefficient (Wildman–Crippen LogP) is 0.288. The molecule has 0 radical (unpaired) electrons. The highest BCUT2D eigenvalue weighted by atomic mass is 16.5. The maximum absolute atomic E-state index is 11.4. The van der Waals surface area contributed by atoms with Crippen molar-refractivity contribution in [3.8, 4) is 0 Å². The molecule has 1 aliphatic heterocycles. The fourth-order valence-electron chi connectivity index (χ4n) is 1.38. The molecular formula is C10H18N2O3. The lowest BCUT2D eigenvalue weighted by Gasteiger charge is -2.16. The van der Waals surface area contributed by atoms with Gasteiger partial charge in [0.25, 0.3) is 0 Å². The summed E-state index contributed by atoms with van der Waals surface area (Å²) >= 11 is 0. The van der Waals surface area contributed by atoms with Crippen LogP contribution in [0.2, 0.25) is 0 Å². The van der Waals surface area contributed by atoms with Crippen LogP contribution in [0, 0.1) is 0 Å². The van der Waals surface area contributed by atoms with Gasteiger partial charge in [0.15, 0.2) is 0 Å². The van der Waals surface area contributed by atoms with Crippen molar-refractivity contribution in [3.63, 3.8) is 0 Å². The van der Waals surface area contributed by atoms with E-state index >= 15 is 0 Å². The third-order valence-electron chi connectivity index (χ3n) is 2.04. The van der Waals surface area contributed by atoms with Crippen molar-refractivity contribution in [2.24, 2.45) is 0 Å². The number of methoxy groups -OCH3 is 1. The fourth-order valence-corrected chi connectivity index (χ4v) is 1.38. The number of rotatable bonds is 4. The molecule has 1 fully saturated rings. The molecule has 0 aromatic heterocycles. The van der Waals surface area contributed by atoms with E-state index in [0.29, 0.717) is 5.70 Å². The Balaban J connectivity index is 2.59. The molecule has 0 amide bonds. The smallest absolute Gasteiger partial charge is 0.355 e. The van der Waals surface area contributed by atoms with Crippen LogP contribution in [-0.2, 0) is 14.3 Å². The number of esters is 1. The van der Waals surface area contributed by atoms with Gasteiger partial charge < -0.3 is 19.7 Å². The summed E-state index contributed by atoms with van der Waals surface area (Å²) in [6, 6.07) is 0. The van der Waals surface area contributed by atoms with Crippen molar-refractivity contribution in [3.05, 3.63) is 11.9 Å². The molecule has 0 spiro atoms. The van der Waals surface area contributed by atoms with Crippen LogP contribution in [0.3, 0.4) is 0 Å². The highest BCUT2D eigenvalue weighted by Gasteiger charge is 2.19. The minimum absolute atomic E-state index is 0.0738. The summed E-state index contributed by atoms with van der Waals surface area (Å²) in [5.41, 5.74) is 0.425. The van der Waals surface area contributed by atoms with Crippen LogP contribution in [0.4, 0.5) is 0 Å². The van der Waals surface area contributed by atoms with Gasteiger partial charge in [0.2, 0.25) is 0 Å². The van der Waals surface area contributed by atoms with Crippen molar-refractivity contribution >= 4 is 5.97 Å². The lowest BCUT2D eigenvalue weighted by molar-refractivity contribution is -0.137. The first-order chi connectivity index (χ1) is 7.13. The Hall–Kier alpha value is -1.23. The van der Waals surface area contributed by atoms with Crippen LogP contribution in [0.15, 0.2) is 11.9 Å². The van der Waals surface area contributed by atoms with E-state index in [2.05, 4.69) is 10.1 Å². The summed E-state index contributed by atoms with van der Waals surface area (Å²) in [6.45, 7) is 0.744. The SMILES string of the molecule is COC(=O)/C(=C\N(C)C)N[C@H]1CCCO1. The molecule has 1 atom stereocenters. The van der Waals surface area contributed by atoms with E-state index in [-0.39, 0.29) is 12.2 Å². The molecule has 0 aliphatic carbocycles. The summed E-state index contributed by atoms with van der Waals surface area (Å²) in [5.74, 6) is -0.376. The van der Waals surface area contributed by atoms with Crippen molar-refractivity contribution in [1.82, 2.24) is 10.2 Å². The molecule has 1 rings (SSSR count). The molecular weight excluding hydrogens is 196 g/mol. The monoisotopic (exact) mass is 214 g/mol. The Labute approximate surface area is 90.0 Å². The van der Waals surface area contributed by atoms with E-state index in [1.807, 2.05) is 14.1 Å². The fraction of sp³-hybridized carbons (Fsp3) is 0.700. The van der Waals surface area contributed by atoms with Crippen LogP contribution in [0.1, 0.15) is 12.8 Å². The number of carbonyl (C=O) groups is 1.